The second kappa shape index (κ2) is 7.24. The molecule has 3 aromatic carbocycles. The highest BCUT2D eigenvalue weighted by atomic mass is 15.4. The van der Waals surface area contributed by atoms with E-state index >= 15 is 0 Å². The Morgan fingerprint density at radius 2 is 1.43 bits per heavy atom. The van der Waals surface area contributed by atoms with E-state index in [9.17, 15) is 0 Å². The average molecular weight is 366 g/mol. The van der Waals surface area contributed by atoms with E-state index < -0.39 is 0 Å². The van der Waals surface area contributed by atoms with Crippen molar-refractivity contribution < 1.29 is 0 Å². The maximum absolute atomic E-state index is 4.71. The van der Waals surface area contributed by atoms with Gasteiger partial charge in [-0.05, 0) is 23.3 Å². The molecule has 4 heteroatoms. The molecule has 1 N–H and O–H groups in total. The summed E-state index contributed by atoms with van der Waals surface area (Å²) >= 11 is 0. The second-order valence-corrected chi connectivity index (χ2v) is 7.13. The molecule has 0 spiro atoms. The third kappa shape index (κ3) is 3.14. The quantitative estimate of drug-likeness (QED) is 0.548. The summed E-state index contributed by atoms with van der Waals surface area (Å²) in [6, 6.07) is 31.7. The first-order valence-electron chi connectivity index (χ1n) is 9.60. The number of fused-ring (bicyclic) bond motifs is 1. The van der Waals surface area contributed by atoms with Gasteiger partial charge in [-0.3, -0.25) is 5.10 Å². The summed E-state index contributed by atoms with van der Waals surface area (Å²) in [6.07, 6.45) is 0. The average Bonchev–Trinajstić information content (AvgIpc) is 3.20. The van der Waals surface area contributed by atoms with Gasteiger partial charge in [0.25, 0.3) is 0 Å². The van der Waals surface area contributed by atoms with E-state index in [1.165, 1.54) is 22.4 Å². The van der Waals surface area contributed by atoms with Crippen LogP contribution < -0.4 is 9.80 Å². The van der Waals surface area contributed by atoms with Crippen molar-refractivity contribution in [3.8, 4) is 11.3 Å². The van der Waals surface area contributed by atoms with E-state index in [1.54, 1.807) is 0 Å². The van der Waals surface area contributed by atoms with Gasteiger partial charge in [-0.15, -0.1) is 0 Å². The van der Waals surface area contributed by atoms with Gasteiger partial charge in [-0.1, -0.05) is 78.9 Å². The minimum Gasteiger partial charge on any atom is -0.349 e. The van der Waals surface area contributed by atoms with Crippen LogP contribution in [0.4, 0.5) is 11.5 Å². The van der Waals surface area contributed by atoms with Crippen molar-refractivity contribution in [2.24, 2.45) is 0 Å². The molecule has 28 heavy (non-hydrogen) atoms. The first-order valence-corrected chi connectivity index (χ1v) is 9.60. The van der Waals surface area contributed by atoms with Crippen molar-refractivity contribution in [1.82, 2.24) is 10.2 Å². The molecular weight excluding hydrogens is 344 g/mol. The molecule has 1 aliphatic rings. The van der Waals surface area contributed by atoms with Gasteiger partial charge in [0.05, 0.1) is 18.9 Å². The molecule has 0 unspecified atom stereocenters. The highest BCUT2D eigenvalue weighted by molar-refractivity contribution is 5.72. The third-order valence-corrected chi connectivity index (χ3v) is 5.24. The molecule has 4 nitrogen and oxygen atoms in total. The monoisotopic (exact) mass is 366 g/mol. The molecule has 4 aromatic rings. The topological polar surface area (TPSA) is 35.2 Å². The van der Waals surface area contributed by atoms with Crippen LogP contribution in [0.1, 0.15) is 11.1 Å². The standard InChI is InChI=1S/C24H22N4/c1-4-10-19(11-5-1)16-28-18-27(21-14-8-3-9-15-21)17-22-23(25-26-24(22)28)20-12-6-2-7-13-20/h1-15H,16-18H2,(H,25,26). The molecule has 0 fully saturated rings. The molecule has 0 amide bonds. The van der Waals surface area contributed by atoms with Crippen LogP contribution in [0.5, 0.6) is 0 Å². The van der Waals surface area contributed by atoms with E-state index in [-0.39, 0.29) is 0 Å². The number of benzene rings is 3. The largest absolute Gasteiger partial charge is 0.349 e. The third-order valence-electron chi connectivity index (χ3n) is 5.24. The Balaban J connectivity index is 1.56. The van der Waals surface area contributed by atoms with Gasteiger partial charge in [0.15, 0.2) is 5.82 Å². The van der Waals surface area contributed by atoms with Gasteiger partial charge in [0.1, 0.15) is 0 Å². The lowest BCUT2D eigenvalue weighted by molar-refractivity contribution is 0.677. The molecular formula is C24H22N4. The molecule has 0 saturated carbocycles. The van der Waals surface area contributed by atoms with Gasteiger partial charge < -0.3 is 9.80 Å². The van der Waals surface area contributed by atoms with Gasteiger partial charge in [-0.2, -0.15) is 5.10 Å². The van der Waals surface area contributed by atoms with Gasteiger partial charge >= 0.3 is 0 Å². The molecule has 1 aromatic heterocycles. The van der Waals surface area contributed by atoms with Crippen molar-refractivity contribution in [3.63, 3.8) is 0 Å². The Morgan fingerprint density at radius 1 is 0.786 bits per heavy atom. The number of rotatable bonds is 4. The van der Waals surface area contributed by atoms with Crippen LogP contribution >= 0.6 is 0 Å². The SMILES string of the molecule is c1ccc(CN2CN(c3ccccc3)Cc3c2n[nH]c3-c2ccccc2)cc1. The number of nitrogens with one attached hydrogen (secondary N) is 1. The molecule has 0 aliphatic carbocycles. The maximum Gasteiger partial charge on any atom is 0.157 e. The number of hydrogen-bond donors (Lipinski definition) is 1. The van der Waals surface area contributed by atoms with E-state index in [4.69, 9.17) is 5.10 Å². The fourth-order valence-electron chi connectivity index (χ4n) is 3.86. The summed E-state index contributed by atoms with van der Waals surface area (Å²) in [7, 11) is 0. The predicted octanol–water partition coefficient (Wildman–Crippen LogP) is 5.06. The minimum atomic E-state index is 0.811. The number of H-pyrrole nitrogens is 1. The van der Waals surface area contributed by atoms with Gasteiger partial charge in [0, 0.05) is 17.8 Å². The van der Waals surface area contributed by atoms with Gasteiger partial charge in [-0.25, -0.2) is 0 Å². The smallest absolute Gasteiger partial charge is 0.157 e. The summed E-state index contributed by atoms with van der Waals surface area (Å²) in [4.78, 5) is 4.76. The van der Waals surface area contributed by atoms with E-state index in [1.807, 2.05) is 6.07 Å². The van der Waals surface area contributed by atoms with Crippen LogP contribution in [0.2, 0.25) is 0 Å². The number of aromatic nitrogens is 2. The lowest BCUT2D eigenvalue weighted by Gasteiger charge is -2.37. The Labute approximate surface area is 165 Å². The Bertz CT molecular complexity index is 1040. The van der Waals surface area contributed by atoms with Crippen LogP contribution in [-0.2, 0) is 13.1 Å². The molecule has 0 bridgehead atoms. The maximum atomic E-state index is 4.71. The van der Waals surface area contributed by atoms with Crippen LogP contribution in [-0.4, -0.2) is 16.9 Å². The number of para-hydroxylation sites is 1. The van der Waals surface area contributed by atoms with E-state index in [2.05, 4.69) is 99.8 Å². The second-order valence-electron chi connectivity index (χ2n) is 7.13. The fourth-order valence-corrected chi connectivity index (χ4v) is 3.86. The fraction of sp³-hybridized carbons (Fsp3) is 0.125. The zero-order chi connectivity index (χ0) is 18.8. The van der Waals surface area contributed by atoms with E-state index in [0.29, 0.717) is 0 Å². The summed E-state index contributed by atoms with van der Waals surface area (Å²) in [5.74, 6) is 1.05. The van der Waals surface area contributed by atoms with Crippen LogP contribution in [0.3, 0.4) is 0 Å². The van der Waals surface area contributed by atoms with Crippen molar-refractivity contribution in [2.45, 2.75) is 13.1 Å². The van der Waals surface area contributed by atoms with Crippen LogP contribution in [0.25, 0.3) is 11.3 Å². The summed E-state index contributed by atoms with van der Waals surface area (Å²) in [5, 5.41) is 8.02. The molecule has 0 radical (unpaired) electrons. The van der Waals surface area contributed by atoms with Gasteiger partial charge in [0.2, 0.25) is 0 Å². The number of hydrogen-bond acceptors (Lipinski definition) is 3. The first-order chi connectivity index (χ1) is 13.9. The molecule has 5 rings (SSSR count). The Morgan fingerprint density at radius 3 is 2.14 bits per heavy atom. The lowest BCUT2D eigenvalue weighted by atomic mass is 10.0. The van der Waals surface area contributed by atoms with Crippen molar-refractivity contribution in [2.75, 3.05) is 16.5 Å². The number of aromatic amines is 1. The van der Waals surface area contributed by atoms with Crippen molar-refractivity contribution >= 4 is 11.5 Å². The number of anilines is 2. The molecule has 138 valence electrons. The lowest BCUT2D eigenvalue weighted by Crippen LogP contribution is -2.42. The summed E-state index contributed by atoms with van der Waals surface area (Å²) in [5.41, 5.74) is 6.04. The predicted molar refractivity (Wildman–Crippen MR) is 114 cm³/mol. The van der Waals surface area contributed by atoms with Crippen LogP contribution in [0.15, 0.2) is 91.0 Å². The molecule has 2 heterocycles. The molecule has 0 saturated heterocycles. The van der Waals surface area contributed by atoms with Crippen molar-refractivity contribution in [3.05, 3.63) is 102 Å². The molecule has 0 atom stereocenters. The zero-order valence-electron chi connectivity index (χ0n) is 15.6. The zero-order valence-corrected chi connectivity index (χ0v) is 15.6. The molecule has 1 aliphatic heterocycles. The summed E-state index contributed by atoms with van der Waals surface area (Å²) < 4.78 is 0. The van der Waals surface area contributed by atoms with Crippen LogP contribution in [0, 0.1) is 0 Å². The Kier molecular flexibility index (Phi) is 4.30. The highest BCUT2D eigenvalue weighted by Gasteiger charge is 2.28. The summed E-state index contributed by atoms with van der Waals surface area (Å²) in [6.45, 7) is 2.48. The first kappa shape index (κ1) is 16.6. The van der Waals surface area contributed by atoms with Crippen molar-refractivity contribution in [1.29, 1.82) is 0 Å². The number of nitrogens with zero attached hydrogens (tertiary/aromatic N) is 3. The van der Waals surface area contributed by atoms with E-state index in [0.717, 1.165) is 31.3 Å². The minimum absolute atomic E-state index is 0.811. The highest BCUT2D eigenvalue weighted by Crippen LogP contribution is 2.35. The Hall–Kier alpha value is -3.53. The normalized spacial score (nSPS) is 13.4.